The van der Waals surface area contributed by atoms with Crippen molar-refractivity contribution in [2.24, 2.45) is 0 Å². The van der Waals surface area contributed by atoms with Crippen LogP contribution in [0.2, 0.25) is 0 Å². The summed E-state index contributed by atoms with van der Waals surface area (Å²) in [4.78, 5) is 10.8. The van der Waals surface area contributed by atoms with E-state index in [1.165, 1.54) is 4.57 Å². The number of nitrogens with zero attached hydrogens (tertiary/aromatic N) is 1. The Morgan fingerprint density at radius 2 is 2.11 bits per heavy atom. The second-order valence-corrected chi connectivity index (χ2v) is 4.26. The van der Waals surface area contributed by atoms with Crippen molar-refractivity contribution in [1.82, 2.24) is 4.57 Å². The molecule has 3 nitrogen and oxygen atoms in total. The summed E-state index contributed by atoms with van der Waals surface area (Å²) < 4.78 is 39.4. The van der Waals surface area contributed by atoms with Gasteiger partial charge in [0.25, 0.3) is 0 Å². The Balaban J connectivity index is 2.42. The lowest BCUT2D eigenvalue weighted by Crippen LogP contribution is -2.10. The van der Waals surface area contributed by atoms with Crippen LogP contribution in [0.5, 0.6) is 0 Å². The molecule has 0 aromatic carbocycles. The van der Waals surface area contributed by atoms with Crippen molar-refractivity contribution in [3.05, 3.63) is 35.7 Å². The smallest absolute Gasteiger partial charge is 0.418 e. The molecule has 0 radical (unpaired) electrons. The molecule has 1 atom stereocenters. The normalized spacial score (nSPS) is 20.1. The maximum absolute atomic E-state index is 12.7. The molecule has 1 aromatic rings. The molecule has 1 aliphatic carbocycles. The first-order valence-corrected chi connectivity index (χ1v) is 5.58. The minimum absolute atomic E-state index is 0.187. The second-order valence-electron chi connectivity index (χ2n) is 4.26. The lowest BCUT2D eigenvalue weighted by atomic mass is 10.0. The van der Waals surface area contributed by atoms with Gasteiger partial charge in [0.15, 0.2) is 0 Å². The quantitative estimate of drug-likeness (QED) is 0.826. The third-order valence-electron chi connectivity index (χ3n) is 2.99. The fourth-order valence-electron chi connectivity index (χ4n) is 2.11. The van der Waals surface area contributed by atoms with Crippen LogP contribution in [-0.4, -0.2) is 15.6 Å². The van der Waals surface area contributed by atoms with Gasteiger partial charge in [-0.3, -0.25) is 0 Å². The molecule has 1 N–H and O–H groups in total. The van der Waals surface area contributed by atoms with Crippen LogP contribution >= 0.6 is 0 Å². The van der Waals surface area contributed by atoms with Gasteiger partial charge in [0.1, 0.15) is 0 Å². The third-order valence-corrected chi connectivity index (χ3v) is 2.99. The van der Waals surface area contributed by atoms with Gasteiger partial charge in [-0.2, -0.15) is 13.2 Å². The number of carbonyl (C=O) groups is 1. The van der Waals surface area contributed by atoms with E-state index >= 15 is 0 Å². The number of hydrogen-bond acceptors (Lipinski definition) is 1. The summed E-state index contributed by atoms with van der Waals surface area (Å²) in [7, 11) is 0. The molecular formula is C12H12F3NO2. The molecule has 1 unspecified atom stereocenters. The summed E-state index contributed by atoms with van der Waals surface area (Å²) in [6, 6.07) is -0.187. The highest BCUT2D eigenvalue weighted by Crippen LogP contribution is 2.34. The molecule has 0 saturated heterocycles. The van der Waals surface area contributed by atoms with Crippen LogP contribution in [0.3, 0.4) is 0 Å². The van der Waals surface area contributed by atoms with Gasteiger partial charge in [-0.1, -0.05) is 12.2 Å². The van der Waals surface area contributed by atoms with Gasteiger partial charge in [-0.05, 0) is 19.3 Å². The van der Waals surface area contributed by atoms with Crippen molar-refractivity contribution in [2.75, 3.05) is 0 Å². The number of aromatic carboxylic acids is 1. The summed E-state index contributed by atoms with van der Waals surface area (Å²) in [6.45, 7) is 0. The van der Waals surface area contributed by atoms with Crippen molar-refractivity contribution in [3.63, 3.8) is 0 Å². The molecule has 1 aromatic heterocycles. The molecule has 0 amide bonds. The van der Waals surface area contributed by atoms with E-state index in [9.17, 15) is 18.0 Å². The number of hydrogen-bond donors (Lipinski definition) is 1. The highest BCUT2D eigenvalue weighted by atomic mass is 19.4. The van der Waals surface area contributed by atoms with Gasteiger partial charge in [0.2, 0.25) is 0 Å². The Hall–Kier alpha value is -1.72. The van der Waals surface area contributed by atoms with E-state index in [1.54, 1.807) is 0 Å². The molecule has 2 rings (SSSR count). The van der Waals surface area contributed by atoms with Crippen LogP contribution in [0.25, 0.3) is 0 Å². The zero-order valence-electron chi connectivity index (χ0n) is 9.44. The first-order valence-electron chi connectivity index (χ1n) is 5.58. The molecule has 0 fully saturated rings. The maximum atomic E-state index is 12.7. The van der Waals surface area contributed by atoms with Crippen LogP contribution in [0.15, 0.2) is 24.5 Å². The molecule has 0 bridgehead atoms. The number of rotatable bonds is 2. The number of alkyl halides is 3. The molecule has 6 heteroatoms. The Bertz CT molecular complexity index is 488. The largest absolute Gasteiger partial charge is 0.478 e. The average Bonchev–Trinajstić information content (AvgIpc) is 2.74. The van der Waals surface area contributed by atoms with E-state index in [1.807, 2.05) is 12.2 Å². The van der Waals surface area contributed by atoms with E-state index in [2.05, 4.69) is 0 Å². The van der Waals surface area contributed by atoms with Crippen molar-refractivity contribution in [3.8, 4) is 0 Å². The van der Waals surface area contributed by atoms with Gasteiger partial charge in [0, 0.05) is 12.4 Å². The van der Waals surface area contributed by atoms with Crippen molar-refractivity contribution >= 4 is 5.97 Å². The third kappa shape index (κ3) is 2.42. The predicted molar refractivity (Wildman–Crippen MR) is 58.4 cm³/mol. The minimum Gasteiger partial charge on any atom is -0.478 e. The molecule has 0 spiro atoms. The van der Waals surface area contributed by atoms with Crippen LogP contribution in [0.4, 0.5) is 13.2 Å². The molecule has 18 heavy (non-hydrogen) atoms. The first-order chi connectivity index (χ1) is 8.39. The highest BCUT2D eigenvalue weighted by Gasteiger charge is 2.37. The van der Waals surface area contributed by atoms with Crippen LogP contribution in [0, 0.1) is 0 Å². The Labute approximate surface area is 102 Å². The Kier molecular flexibility index (Phi) is 3.19. The topological polar surface area (TPSA) is 42.2 Å². The Morgan fingerprint density at radius 3 is 2.56 bits per heavy atom. The summed E-state index contributed by atoms with van der Waals surface area (Å²) in [6.07, 6.45) is 3.55. The fourth-order valence-corrected chi connectivity index (χ4v) is 2.11. The summed E-state index contributed by atoms with van der Waals surface area (Å²) in [5.74, 6) is -1.55. The average molecular weight is 259 g/mol. The maximum Gasteiger partial charge on any atom is 0.418 e. The molecular weight excluding hydrogens is 247 g/mol. The molecule has 98 valence electrons. The zero-order valence-corrected chi connectivity index (χ0v) is 9.44. The SMILES string of the molecule is O=C(O)c1cn(C2C=CCCC2)cc1C(F)(F)F. The number of allylic oxidation sites excluding steroid dienone is 2. The molecule has 1 heterocycles. The lowest BCUT2D eigenvalue weighted by Gasteiger charge is -2.18. The van der Waals surface area contributed by atoms with Crippen LogP contribution < -0.4 is 0 Å². The summed E-state index contributed by atoms with van der Waals surface area (Å²) in [5, 5.41) is 8.81. The van der Waals surface area contributed by atoms with Gasteiger partial charge in [0.05, 0.1) is 17.2 Å². The van der Waals surface area contributed by atoms with Crippen LogP contribution in [0.1, 0.15) is 41.2 Å². The molecule has 0 aliphatic heterocycles. The van der Waals surface area contributed by atoms with E-state index in [0.29, 0.717) is 0 Å². The fraction of sp³-hybridized carbons (Fsp3) is 0.417. The van der Waals surface area contributed by atoms with Gasteiger partial charge >= 0.3 is 12.1 Å². The van der Waals surface area contributed by atoms with E-state index < -0.39 is 23.3 Å². The van der Waals surface area contributed by atoms with E-state index in [0.717, 1.165) is 31.7 Å². The minimum atomic E-state index is -4.64. The standard InChI is InChI=1S/C12H12F3NO2/c13-12(14,15)10-7-16(6-9(10)11(17)18)8-4-2-1-3-5-8/h2,4,6-8H,1,3,5H2,(H,17,18). The zero-order chi connectivity index (χ0) is 13.3. The predicted octanol–water partition coefficient (Wildman–Crippen LogP) is 3.49. The molecule has 1 aliphatic rings. The van der Waals surface area contributed by atoms with Crippen LogP contribution in [-0.2, 0) is 6.18 Å². The highest BCUT2D eigenvalue weighted by molar-refractivity contribution is 5.89. The molecule has 0 saturated carbocycles. The van der Waals surface area contributed by atoms with Gasteiger partial charge < -0.3 is 9.67 Å². The van der Waals surface area contributed by atoms with E-state index in [4.69, 9.17) is 5.11 Å². The van der Waals surface area contributed by atoms with Crippen molar-refractivity contribution in [1.29, 1.82) is 0 Å². The van der Waals surface area contributed by atoms with Crippen molar-refractivity contribution in [2.45, 2.75) is 31.5 Å². The summed E-state index contributed by atoms with van der Waals surface area (Å²) >= 11 is 0. The Morgan fingerprint density at radius 1 is 1.39 bits per heavy atom. The number of halogens is 3. The number of aromatic nitrogens is 1. The monoisotopic (exact) mass is 259 g/mol. The lowest BCUT2D eigenvalue weighted by molar-refractivity contribution is -0.138. The number of carboxylic acid groups (broad SMARTS) is 1. The van der Waals surface area contributed by atoms with Gasteiger partial charge in [-0.15, -0.1) is 0 Å². The summed E-state index contributed by atoms with van der Waals surface area (Å²) in [5.41, 5.74) is -1.78. The second kappa shape index (κ2) is 4.51. The van der Waals surface area contributed by atoms with E-state index in [-0.39, 0.29) is 6.04 Å². The van der Waals surface area contributed by atoms with Crippen molar-refractivity contribution < 1.29 is 23.1 Å². The van der Waals surface area contributed by atoms with Gasteiger partial charge in [-0.25, -0.2) is 4.79 Å². The number of carboxylic acids is 1. The first kappa shape index (κ1) is 12.7.